The van der Waals surface area contributed by atoms with Crippen LogP contribution in [0.25, 0.3) is 22.3 Å². The Labute approximate surface area is 842 Å². The number of H-pyrrole nitrogens is 2. The zero-order valence-electron chi connectivity index (χ0n) is 75.6. The van der Waals surface area contributed by atoms with Crippen LogP contribution in [0.15, 0.2) is 89.9 Å². The maximum absolute atomic E-state index is 15.1. The summed E-state index contributed by atoms with van der Waals surface area (Å²) >= 11 is 29.9. The highest BCUT2D eigenvalue weighted by Crippen LogP contribution is 2.65. The number of aromatic nitrogens is 18. The molecule has 12 N–H and O–H groups in total. The van der Waals surface area contributed by atoms with E-state index in [0.717, 1.165) is 37.9 Å². The smallest absolute Gasteiger partial charge is 0.383 e. The van der Waals surface area contributed by atoms with Crippen LogP contribution in [0.1, 0.15) is 123 Å². The zero-order valence-corrected chi connectivity index (χ0v) is 88.1. The molecule has 7 fully saturated rings. The van der Waals surface area contributed by atoms with Crippen molar-refractivity contribution in [3.8, 4) is 0 Å². The van der Waals surface area contributed by atoms with Crippen LogP contribution in [0.4, 0.5) is 29.1 Å². The fourth-order valence-corrected chi connectivity index (χ4v) is 26.6. The largest absolute Gasteiger partial charge is 0.386 e. The highest BCUT2D eigenvalue weighted by Gasteiger charge is 2.53. The van der Waals surface area contributed by atoms with Gasteiger partial charge in [0.15, 0.2) is 22.9 Å². The molecule has 9 aromatic heterocycles. The van der Waals surface area contributed by atoms with Crippen LogP contribution in [-0.2, 0) is 128 Å². The van der Waals surface area contributed by atoms with Crippen molar-refractivity contribution in [3.05, 3.63) is 157 Å². The number of aromatic amines is 2. The molecule has 7 saturated heterocycles. The van der Waals surface area contributed by atoms with Gasteiger partial charge in [0.2, 0.25) is 0 Å². The lowest BCUT2D eigenvalue weighted by atomic mass is 10.2. The van der Waals surface area contributed by atoms with Gasteiger partial charge < -0.3 is 66.4 Å². The lowest BCUT2D eigenvalue weighted by Gasteiger charge is -2.27. The van der Waals surface area contributed by atoms with Crippen LogP contribution in [-0.4, -0.2) is 219 Å². The molecule has 0 radical (unpaired) electrons. The molecule has 72 heteroatoms. The van der Waals surface area contributed by atoms with Gasteiger partial charge in [0.25, 0.3) is 11.1 Å². The Morgan fingerprint density at radius 2 is 0.566 bits per heavy atom. The molecule has 58 nitrogen and oxygen atoms in total. The Kier molecular flexibility index (Phi) is 33.3. The van der Waals surface area contributed by atoms with Gasteiger partial charge in [-0.05, 0) is 41.5 Å². The standard InChI is InChI=1S/C71H96N23O35P7S7/c1-30-15-88(67(97)83-58(30)72)49-8-36(35(6)116-49)123-131(103,138)110-21-44-38(9-50(117-44)89-16-31(2)59(73)84-68(89)98)125-133(105,140)112-22-45-39(10-51(118-45)90-17-32(3)60(74)85-69(90)99)126-135(107,142)115-25-48-42(14-55(122-48)94-29-82-57-62(76)78-27-80-64(57)94)129-136(108,143)114-24-47-41(12-53(120-47)92-19-34(5)66(96)87-71(92)101)128-134(106,141)113-23-46-40(11-52(119-46)91-18-33(4)65(95)86-70(91)100)127-132(104,139)111-20-43-37(124-130(102,137)109-7)13-54(121-43)93-28-81-56-61(75)77-26-79-63(56)93/h15-19,26-29,35-55H,8-14,20-25H2,1-7H3,(H,102,137)(H,103,138)(H,104,139)(H,105,140)(H,106,141)(H,107,142)(H,108,143)(H2,72,83,97)(H2,73,84,98)(H2,74,85,99)(H2,75,77,79)(H2,76,78,80)(H,86,95,100)(H,87,96,101)/t35-,36?,37?,38?,39?,40?,41?,42?,43-,44-,45-,46-,47-,48-,49-,50-,51-,52-,53-,54-,55-,130?,131?,132?,133?,134?,135?,136?/m1/s1. The molecule has 143 heavy (non-hydrogen) atoms. The van der Waals surface area contributed by atoms with E-state index in [1.54, 1.807) is 27.7 Å². The molecule has 0 spiro atoms. The minimum absolute atomic E-state index is 0.0136. The van der Waals surface area contributed by atoms with E-state index in [-0.39, 0.29) is 101 Å². The van der Waals surface area contributed by atoms with Crippen molar-refractivity contribution in [3.63, 3.8) is 0 Å². The number of imidazole rings is 2. The van der Waals surface area contributed by atoms with Gasteiger partial charge in [0, 0.05) is 111 Å². The molecule has 0 aliphatic carbocycles. The summed E-state index contributed by atoms with van der Waals surface area (Å²) in [6, 6.07) is 0. The normalized spacial score (nSPS) is 29.8. The van der Waals surface area contributed by atoms with Gasteiger partial charge in [0.05, 0.1) is 64.5 Å². The maximum atomic E-state index is 15.1. The Balaban J connectivity index is 0.604. The molecule has 7 aliphatic rings. The number of aryl methyl sites for hydroxylation is 5. The number of ether oxygens (including phenoxy) is 7. The summed E-state index contributed by atoms with van der Waals surface area (Å²) in [7, 11) is 1.09. The summed E-state index contributed by atoms with van der Waals surface area (Å²) in [5, 5.41) is 0. The molecule has 0 amide bonds. The van der Waals surface area contributed by atoms with E-state index in [2.05, 4.69) is 141 Å². The summed E-state index contributed by atoms with van der Waals surface area (Å²) in [6.07, 6.45) is -18.1. The molecule has 0 aromatic carbocycles. The third-order valence-corrected chi connectivity index (χ3v) is 35.3. The number of thiol groups is 7. The highest BCUT2D eigenvalue weighted by molar-refractivity contribution is 8.46. The topological polar surface area (TPSA) is 745 Å². The summed E-state index contributed by atoms with van der Waals surface area (Å²) < 4.78 is 236. The Hall–Kier alpha value is -6.68. The fraction of sp³-hybridized carbons (Fsp3) is 0.577. The van der Waals surface area contributed by atoms with Crippen LogP contribution in [0.5, 0.6) is 0 Å². The SMILES string of the molecule is COP(=O)(S)OC1C[C@H](n2cnc3c(N)ncnc32)O[C@@H]1COP(=O)(S)OC1C[C@H](n2cc(C)c(=O)[nH]c2=O)O[C@@H]1COP(=O)(S)OC1C[C@H](n2cc(C)c(=O)[nH]c2=O)O[C@@H]1COP(=O)(S)OC1C[C@H](n2cnc3c(N)ncnc32)O[C@@H]1COP(=O)(S)OC1C[C@H](n2cc(C)c(N)nc2=O)O[C@@H]1COP(=O)(S)OC1C[C@H](n2cc(C)c(N)nc2=O)O[C@@H]1COP(=O)(S)OC1C[C@H](n2cc(C)c(N)nc2=O)O[C@@H]1C. The molecule has 16 heterocycles. The monoisotopic (exact) mass is 2270 g/mol. The lowest BCUT2D eigenvalue weighted by molar-refractivity contribution is -0.0536. The fourth-order valence-electron chi connectivity index (χ4n) is 16.4. The third kappa shape index (κ3) is 25.8. The first-order valence-corrected chi connectivity index (χ1v) is 61.7. The minimum atomic E-state index is -4.90. The van der Waals surface area contributed by atoms with Crippen molar-refractivity contribution < 1.29 is 128 Å². The molecular formula is C71H96N23O35P7S7. The minimum Gasteiger partial charge on any atom is -0.383 e. The van der Waals surface area contributed by atoms with Gasteiger partial charge in [-0.1, -0.05) is 85.7 Å². The predicted molar refractivity (Wildman–Crippen MR) is 523 cm³/mol. The number of hydrogen-bond donors (Lipinski definition) is 14. The second kappa shape index (κ2) is 43.7. The summed E-state index contributed by atoms with van der Waals surface area (Å²) in [5.74, 6) is -0.188. The molecular weight excluding hydrogens is 2180 g/mol. The predicted octanol–water partition coefficient (Wildman–Crippen LogP) is 6.73. The quantitative estimate of drug-likeness (QED) is 0.0140. The Morgan fingerprint density at radius 1 is 0.329 bits per heavy atom. The summed E-state index contributed by atoms with van der Waals surface area (Å²) in [6.45, 7) is -28.3. The highest BCUT2D eigenvalue weighted by atomic mass is 32.7. The van der Waals surface area contributed by atoms with Crippen LogP contribution in [0.3, 0.4) is 0 Å². The van der Waals surface area contributed by atoms with Gasteiger partial charge in [-0.15, -0.1) is 0 Å². The van der Waals surface area contributed by atoms with E-state index in [0.29, 0.717) is 16.7 Å². The second-order valence-electron chi connectivity index (χ2n) is 33.6. The number of rotatable bonds is 40. The lowest BCUT2D eigenvalue weighted by Crippen LogP contribution is -2.33. The van der Waals surface area contributed by atoms with E-state index < -0.39 is 262 Å². The molecule has 28 atom stereocenters. The average Bonchev–Trinajstić information content (AvgIpc) is 1.63. The number of fused-ring (bicyclic) bond motifs is 2. The van der Waals surface area contributed by atoms with Gasteiger partial charge in [0.1, 0.15) is 158 Å². The van der Waals surface area contributed by atoms with Crippen LogP contribution < -0.4 is 68.2 Å². The average molecular weight is 2270 g/mol. The number of hydrogen-bond acceptors (Lipinski definition) is 49. The van der Waals surface area contributed by atoms with E-state index >= 15 is 9.13 Å². The molecule has 16 rings (SSSR count). The number of nitrogens with zero attached hydrogens (tertiary/aromatic N) is 16. The molecule has 9 aromatic rings. The van der Waals surface area contributed by atoms with E-state index in [9.17, 15) is 56.4 Å². The number of nitrogen functional groups attached to an aromatic ring is 5. The number of nitrogens with one attached hydrogen (secondary N) is 2. The first kappa shape index (κ1) is 109. The Morgan fingerprint density at radius 3 is 0.846 bits per heavy atom. The Bertz CT molecular complexity index is 7160. The van der Waals surface area contributed by atoms with E-state index in [4.69, 9.17) is 125 Å². The number of nitrogens with two attached hydrogens (primary N) is 5. The molecule has 0 bridgehead atoms. The van der Waals surface area contributed by atoms with E-state index in [1.165, 1.54) is 71.3 Å². The van der Waals surface area contributed by atoms with Crippen molar-refractivity contribution in [1.82, 2.24) is 86.8 Å². The first-order chi connectivity index (χ1) is 67.2. The first-order valence-electron chi connectivity index (χ1n) is 42.9. The van der Waals surface area contributed by atoms with Crippen molar-refractivity contribution in [2.45, 2.75) is 216 Å². The molecule has 14 unspecified atom stereocenters. The molecule has 7 aliphatic heterocycles. The third-order valence-electron chi connectivity index (χ3n) is 23.7. The maximum Gasteiger partial charge on any atom is 0.386 e. The zero-order chi connectivity index (χ0) is 103. The number of anilines is 5. The second-order valence-corrected chi connectivity index (χ2v) is 53.8. The van der Waals surface area contributed by atoms with Crippen LogP contribution >= 0.6 is 133 Å². The van der Waals surface area contributed by atoms with Gasteiger partial charge in [-0.3, -0.25) is 110 Å². The van der Waals surface area contributed by atoms with Crippen molar-refractivity contribution in [1.29, 1.82) is 0 Å². The summed E-state index contributed by atoms with van der Waals surface area (Å²) in [4.78, 5) is 133. The van der Waals surface area contributed by atoms with Crippen molar-refractivity contribution in [2.24, 2.45) is 0 Å². The van der Waals surface area contributed by atoms with Crippen LogP contribution in [0.2, 0.25) is 0 Å². The van der Waals surface area contributed by atoms with Crippen LogP contribution in [0, 0.1) is 34.6 Å². The molecule has 782 valence electrons. The van der Waals surface area contributed by atoms with Gasteiger partial charge in [-0.2, -0.15) is 15.0 Å². The van der Waals surface area contributed by atoms with Crippen molar-refractivity contribution >= 4 is 185 Å². The summed E-state index contributed by atoms with van der Waals surface area (Å²) in [5.41, 5.74) is 26.1. The van der Waals surface area contributed by atoms with Gasteiger partial charge >= 0.3 is 76.0 Å². The van der Waals surface area contributed by atoms with Crippen molar-refractivity contribution in [2.75, 3.05) is 75.4 Å². The van der Waals surface area contributed by atoms with E-state index in [1.807, 2.05) is 0 Å². The molecule has 0 saturated carbocycles. The van der Waals surface area contributed by atoms with Gasteiger partial charge in [-0.25, -0.2) is 85.8 Å².